The van der Waals surface area contributed by atoms with Crippen molar-refractivity contribution in [1.29, 1.82) is 0 Å². The first-order chi connectivity index (χ1) is 12.8. The van der Waals surface area contributed by atoms with Gasteiger partial charge in [-0.25, -0.2) is 0 Å². The summed E-state index contributed by atoms with van der Waals surface area (Å²) in [4.78, 5) is 23.5. The molecule has 0 fully saturated rings. The zero-order valence-corrected chi connectivity index (χ0v) is 16.8. The van der Waals surface area contributed by atoms with Crippen molar-refractivity contribution in [3.63, 3.8) is 0 Å². The molecule has 0 amide bonds. The van der Waals surface area contributed by atoms with Crippen LogP contribution in [-0.4, -0.2) is 36.7 Å². The molecular weight excluding hydrogens is 454 g/mol. The number of carboxylic acids is 1. The molecule has 27 heavy (non-hydrogen) atoms. The lowest BCUT2D eigenvalue weighted by molar-refractivity contribution is -0.133. The van der Waals surface area contributed by atoms with E-state index < -0.39 is 16.0 Å². The van der Waals surface area contributed by atoms with E-state index in [0.29, 0.717) is 5.56 Å². The van der Waals surface area contributed by atoms with E-state index in [1.54, 1.807) is 36.4 Å². The molecular formula is C18H12BrNO5S2. The monoisotopic (exact) mass is 465 g/mol. The molecule has 0 heterocycles. The van der Waals surface area contributed by atoms with E-state index in [-0.39, 0.29) is 32.6 Å². The van der Waals surface area contributed by atoms with E-state index in [1.807, 2.05) is 0 Å². The van der Waals surface area contributed by atoms with Crippen LogP contribution in [0, 0.1) is 0 Å². The summed E-state index contributed by atoms with van der Waals surface area (Å²) >= 11 is 4.08. The minimum Gasteiger partial charge on any atom is -0.481 e. The third-order valence-corrected chi connectivity index (χ3v) is 6.46. The summed E-state index contributed by atoms with van der Waals surface area (Å²) in [6, 6.07) is 12.5. The number of carboxylic acid groups (broad SMARTS) is 1. The first-order valence-electron chi connectivity index (χ1n) is 7.59. The lowest BCUT2D eigenvalue weighted by Gasteiger charge is -2.16. The average Bonchev–Trinajstić information content (AvgIpc) is 2.63. The second-order valence-corrected chi connectivity index (χ2v) is 9.01. The Morgan fingerprint density at radius 2 is 1.70 bits per heavy atom. The van der Waals surface area contributed by atoms with E-state index in [2.05, 4.69) is 20.3 Å². The maximum Gasteiger partial charge on any atom is 0.313 e. The van der Waals surface area contributed by atoms with Gasteiger partial charge in [0.1, 0.15) is 0 Å². The Hall–Kier alpha value is -2.23. The fraction of sp³-hybridized carbons (Fsp3) is 0.0556. The standard InChI is InChI=1S/C18H12BrNO5S2/c19-11-5-7-12(8-6-11)27(24,25)20-15-9-16(26-10-17(21)22)18(23)14-4-2-1-3-13(14)15/h1-9H,10H2,(H,21,22). The second kappa shape index (κ2) is 7.79. The lowest BCUT2D eigenvalue weighted by atomic mass is 9.94. The predicted molar refractivity (Wildman–Crippen MR) is 107 cm³/mol. The van der Waals surface area contributed by atoms with Gasteiger partial charge in [-0.15, -0.1) is 11.8 Å². The molecule has 2 aromatic rings. The third-order valence-electron chi connectivity index (χ3n) is 3.62. The topological polar surface area (TPSA) is 101 Å². The van der Waals surface area contributed by atoms with Gasteiger partial charge in [-0.3, -0.25) is 9.59 Å². The van der Waals surface area contributed by atoms with Crippen LogP contribution in [0.2, 0.25) is 0 Å². The molecule has 0 saturated heterocycles. The summed E-state index contributed by atoms with van der Waals surface area (Å²) in [5.41, 5.74) is 0.779. The summed E-state index contributed by atoms with van der Waals surface area (Å²) in [5, 5.41) is 8.86. The predicted octanol–water partition coefficient (Wildman–Crippen LogP) is 3.53. The fourth-order valence-corrected chi connectivity index (χ4v) is 4.39. The van der Waals surface area contributed by atoms with Gasteiger partial charge in [0, 0.05) is 15.6 Å². The average molecular weight is 466 g/mol. The highest BCUT2D eigenvalue weighted by Gasteiger charge is 2.26. The van der Waals surface area contributed by atoms with Crippen molar-refractivity contribution in [3.8, 4) is 0 Å². The van der Waals surface area contributed by atoms with Crippen molar-refractivity contribution >= 4 is 55.2 Å². The second-order valence-electron chi connectivity index (χ2n) is 5.47. The number of halogens is 1. The molecule has 0 spiro atoms. The van der Waals surface area contributed by atoms with E-state index in [1.165, 1.54) is 18.2 Å². The number of rotatable bonds is 5. The minimum absolute atomic E-state index is 0.0146. The molecule has 0 bridgehead atoms. The van der Waals surface area contributed by atoms with Crippen molar-refractivity contribution < 1.29 is 23.1 Å². The number of hydrogen-bond acceptors (Lipinski definition) is 5. The van der Waals surface area contributed by atoms with Crippen molar-refractivity contribution in [2.75, 3.05) is 5.75 Å². The summed E-state index contributed by atoms with van der Waals surface area (Å²) in [5.74, 6) is -1.74. The number of benzene rings is 2. The Bertz CT molecular complexity index is 1090. The van der Waals surface area contributed by atoms with Crippen LogP contribution in [0.25, 0.3) is 0 Å². The SMILES string of the molecule is O=C(O)CSC1=CC(=NS(=O)(=O)c2ccc(Br)cc2)c2ccccc2C1=O. The zero-order valence-electron chi connectivity index (χ0n) is 13.6. The van der Waals surface area contributed by atoms with E-state index in [9.17, 15) is 18.0 Å². The molecule has 0 aliphatic heterocycles. The molecule has 1 aliphatic carbocycles. The van der Waals surface area contributed by atoms with Crippen LogP contribution < -0.4 is 0 Å². The molecule has 138 valence electrons. The highest BCUT2D eigenvalue weighted by molar-refractivity contribution is 9.10. The zero-order chi connectivity index (χ0) is 19.6. The first-order valence-corrected chi connectivity index (χ1v) is 10.8. The molecule has 0 unspecified atom stereocenters. The highest BCUT2D eigenvalue weighted by Crippen LogP contribution is 2.29. The maximum absolute atomic E-state index is 12.7. The van der Waals surface area contributed by atoms with Gasteiger partial charge in [0.15, 0.2) is 5.78 Å². The van der Waals surface area contributed by atoms with Gasteiger partial charge >= 0.3 is 5.97 Å². The Morgan fingerprint density at radius 1 is 1.07 bits per heavy atom. The van der Waals surface area contributed by atoms with Crippen molar-refractivity contribution in [1.82, 2.24) is 0 Å². The first kappa shape index (κ1) is 19.5. The molecule has 1 N–H and O–H groups in total. The number of allylic oxidation sites excluding steroid dienone is 2. The highest BCUT2D eigenvalue weighted by atomic mass is 79.9. The van der Waals surface area contributed by atoms with Gasteiger partial charge < -0.3 is 5.11 Å². The molecule has 3 rings (SSSR count). The lowest BCUT2D eigenvalue weighted by Crippen LogP contribution is -2.18. The Morgan fingerprint density at radius 3 is 2.33 bits per heavy atom. The Balaban J connectivity index is 2.10. The molecule has 1 aliphatic rings. The summed E-state index contributed by atoms with van der Waals surface area (Å²) in [6.45, 7) is 0. The van der Waals surface area contributed by atoms with Crippen LogP contribution in [0.4, 0.5) is 0 Å². The van der Waals surface area contributed by atoms with Gasteiger partial charge in [-0.1, -0.05) is 40.2 Å². The number of aliphatic carboxylic acids is 1. The largest absolute Gasteiger partial charge is 0.481 e. The molecule has 0 saturated carbocycles. The van der Waals surface area contributed by atoms with Crippen molar-refractivity contribution in [2.24, 2.45) is 4.40 Å². The van der Waals surface area contributed by atoms with Crippen LogP contribution in [-0.2, 0) is 14.8 Å². The number of hydrogen-bond donors (Lipinski definition) is 1. The molecule has 9 heteroatoms. The van der Waals surface area contributed by atoms with E-state index in [4.69, 9.17) is 5.11 Å². The Kier molecular flexibility index (Phi) is 5.64. The number of sulfonamides is 1. The number of carbonyl (C=O) groups is 2. The summed E-state index contributed by atoms with van der Waals surface area (Å²) in [7, 11) is -4.01. The normalized spacial score (nSPS) is 15.4. The smallest absolute Gasteiger partial charge is 0.313 e. The van der Waals surface area contributed by atoms with Crippen molar-refractivity contribution in [2.45, 2.75) is 4.90 Å². The number of nitrogens with zero attached hydrogens (tertiary/aromatic N) is 1. The van der Waals surface area contributed by atoms with Crippen molar-refractivity contribution in [3.05, 3.63) is 75.1 Å². The van der Waals surface area contributed by atoms with Gasteiger partial charge in [0.05, 0.1) is 21.3 Å². The quantitative estimate of drug-likeness (QED) is 0.724. The van der Waals surface area contributed by atoms with Crippen LogP contribution in [0.15, 0.2) is 73.3 Å². The van der Waals surface area contributed by atoms with Gasteiger partial charge in [-0.2, -0.15) is 12.8 Å². The number of fused-ring (bicyclic) bond motifs is 1. The van der Waals surface area contributed by atoms with Crippen LogP contribution in [0.3, 0.4) is 0 Å². The number of Topliss-reactive ketones (excluding diaryl/α,β-unsaturated/α-hetero) is 1. The molecule has 0 aromatic heterocycles. The number of carbonyl (C=O) groups excluding carboxylic acids is 1. The number of ketones is 1. The summed E-state index contributed by atoms with van der Waals surface area (Å²) in [6.07, 6.45) is 1.33. The van der Waals surface area contributed by atoms with E-state index >= 15 is 0 Å². The van der Waals surface area contributed by atoms with Gasteiger partial charge in [-0.05, 0) is 30.3 Å². The van der Waals surface area contributed by atoms with Gasteiger partial charge in [0.25, 0.3) is 10.0 Å². The van der Waals surface area contributed by atoms with Crippen LogP contribution >= 0.6 is 27.7 Å². The van der Waals surface area contributed by atoms with E-state index in [0.717, 1.165) is 16.2 Å². The molecule has 2 aromatic carbocycles. The van der Waals surface area contributed by atoms with Gasteiger partial charge in [0.2, 0.25) is 0 Å². The fourth-order valence-electron chi connectivity index (χ4n) is 2.42. The Labute approximate surface area is 168 Å². The molecule has 0 radical (unpaired) electrons. The number of thioether (sulfide) groups is 1. The third kappa shape index (κ3) is 4.37. The molecule has 0 atom stereocenters. The molecule has 6 nitrogen and oxygen atoms in total. The van der Waals surface area contributed by atoms with Crippen LogP contribution in [0.5, 0.6) is 0 Å². The minimum atomic E-state index is -4.01. The maximum atomic E-state index is 12.7. The summed E-state index contributed by atoms with van der Waals surface area (Å²) < 4.78 is 30.0. The van der Waals surface area contributed by atoms with Crippen LogP contribution in [0.1, 0.15) is 15.9 Å².